The van der Waals surface area contributed by atoms with E-state index < -0.39 is 0 Å². The van der Waals surface area contributed by atoms with Crippen LogP contribution >= 0.6 is 11.3 Å². The molecule has 5 heteroatoms. The maximum atomic E-state index is 12.9. The molecule has 0 radical (unpaired) electrons. The second-order valence-electron chi connectivity index (χ2n) is 7.49. The van der Waals surface area contributed by atoms with E-state index in [1.807, 2.05) is 28.6 Å². The van der Waals surface area contributed by atoms with Gasteiger partial charge in [0, 0.05) is 54.2 Å². The number of likely N-dealkylation sites (N-methyl/N-ethyl adjacent to an activating group) is 1. The summed E-state index contributed by atoms with van der Waals surface area (Å²) in [6, 6.07) is 8.57. The SMILES string of the molecule is CC(C)c1cc(C(=O)N2CCC[C@H](N(C)CCc3ccccn3)C2)cs1. The molecule has 1 fully saturated rings. The first-order valence-corrected chi connectivity index (χ1v) is 10.4. The topological polar surface area (TPSA) is 36.4 Å². The van der Waals surface area contributed by atoms with Gasteiger partial charge in [-0.05, 0) is 44.0 Å². The molecule has 0 spiro atoms. The number of rotatable bonds is 6. The summed E-state index contributed by atoms with van der Waals surface area (Å²) in [5, 5.41) is 2.02. The van der Waals surface area contributed by atoms with Gasteiger partial charge in [0.1, 0.15) is 0 Å². The van der Waals surface area contributed by atoms with Crippen LogP contribution in [0.4, 0.5) is 0 Å². The van der Waals surface area contributed by atoms with Crippen LogP contribution in [0, 0.1) is 0 Å². The number of aromatic nitrogens is 1. The van der Waals surface area contributed by atoms with Gasteiger partial charge in [-0.2, -0.15) is 0 Å². The number of amides is 1. The summed E-state index contributed by atoms with van der Waals surface area (Å²) in [6.07, 6.45) is 5.03. The second-order valence-corrected chi connectivity index (χ2v) is 8.43. The highest BCUT2D eigenvalue weighted by Crippen LogP contribution is 2.25. The summed E-state index contributed by atoms with van der Waals surface area (Å²) in [6.45, 7) is 7.02. The van der Waals surface area contributed by atoms with Gasteiger partial charge < -0.3 is 9.80 Å². The highest BCUT2D eigenvalue weighted by atomic mass is 32.1. The molecule has 1 atom stereocenters. The third kappa shape index (κ3) is 4.71. The van der Waals surface area contributed by atoms with Crippen molar-refractivity contribution in [3.8, 4) is 0 Å². The summed E-state index contributed by atoms with van der Waals surface area (Å²) in [4.78, 5) is 23.0. The molecule has 1 aliphatic heterocycles. The van der Waals surface area contributed by atoms with Crippen LogP contribution < -0.4 is 0 Å². The van der Waals surface area contributed by atoms with E-state index >= 15 is 0 Å². The number of likely N-dealkylation sites (tertiary alicyclic amines) is 1. The van der Waals surface area contributed by atoms with Crippen LogP contribution in [-0.2, 0) is 6.42 Å². The van der Waals surface area contributed by atoms with Crippen LogP contribution in [0.15, 0.2) is 35.8 Å². The molecule has 1 amide bonds. The smallest absolute Gasteiger partial charge is 0.254 e. The number of hydrogen-bond acceptors (Lipinski definition) is 4. The van der Waals surface area contributed by atoms with Gasteiger partial charge in [-0.3, -0.25) is 9.78 Å². The van der Waals surface area contributed by atoms with E-state index in [2.05, 4.69) is 42.9 Å². The van der Waals surface area contributed by atoms with Crippen molar-refractivity contribution in [3.63, 3.8) is 0 Å². The number of nitrogens with zero attached hydrogens (tertiary/aromatic N) is 3. The minimum atomic E-state index is 0.191. The lowest BCUT2D eigenvalue weighted by Crippen LogP contribution is -2.49. The van der Waals surface area contributed by atoms with Crippen molar-refractivity contribution in [1.82, 2.24) is 14.8 Å². The summed E-state index contributed by atoms with van der Waals surface area (Å²) in [7, 11) is 2.17. The molecular formula is C21H29N3OS. The Morgan fingerprint density at radius 2 is 2.27 bits per heavy atom. The molecule has 1 aliphatic rings. The van der Waals surface area contributed by atoms with Gasteiger partial charge in [-0.15, -0.1) is 11.3 Å². The average molecular weight is 372 g/mol. The molecule has 0 saturated carbocycles. The number of thiophene rings is 1. The van der Waals surface area contributed by atoms with E-state index in [-0.39, 0.29) is 5.91 Å². The third-order valence-electron chi connectivity index (χ3n) is 5.19. The van der Waals surface area contributed by atoms with Gasteiger partial charge in [-0.25, -0.2) is 0 Å². The first-order chi connectivity index (χ1) is 12.5. The third-order valence-corrected chi connectivity index (χ3v) is 6.42. The molecule has 140 valence electrons. The van der Waals surface area contributed by atoms with Gasteiger partial charge in [-0.1, -0.05) is 19.9 Å². The van der Waals surface area contributed by atoms with Gasteiger partial charge in [0.05, 0.1) is 5.56 Å². The van der Waals surface area contributed by atoms with E-state index in [9.17, 15) is 4.79 Å². The zero-order valence-corrected chi connectivity index (χ0v) is 16.8. The predicted molar refractivity (Wildman–Crippen MR) is 108 cm³/mol. The second kappa shape index (κ2) is 8.78. The zero-order chi connectivity index (χ0) is 18.5. The van der Waals surface area contributed by atoms with Crippen molar-refractivity contribution < 1.29 is 4.79 Å². The van der Waals surface area contributed by atoms with E-state index in [1.54, 1.807) is 11.3 Å². The number of hydrogen-bond donors (Lipinski definition) is 0. The van der Waals surface area contributed by atoms with E-state index in [0.717, 1.165) is 50.2 Å². The Labute approximate surface area is 160 Å². The molecular weight excluding hydrogens is 342 g/mol. The normalized spacial score (nSPS) is 17.9. The van der Waals surface area contributed by atoms with Crippen LogP contribution in [0.5, 0.6) is 0 Å². The highest BCUT2D eigenvalue weighted by molar-refractivity contribution is 7.10. The lowest BCUT2D eigenvalue weighted by molar-refractivity contribution is 0.0612. The molecule has 0 aliphatic carbocycles. The van der Waals surface area contributed by atoms with Gasteiger partial charge >= 0.3 is 0 Å². The fourth-order valence-electron chi connectivity index (χ4n) is 3.47. The van der Waals surface area contributed by atoms with Crippen molar-refractivity contribution in [3.05, 3.63) is 52.0 Å². The molecule has 0 bridgehead atoms. The van der Waals surface area contributed by atoms with E-state index in [1.165, 1.54) is 4.88 Å². The standard InChI is InChI=1S/C21H29N3OS/c1-16(2)20-13-17(15-26-20)21(25)24-11-6-8-19(14-24)23(3)12-9-18-7-4-5-10-22-18/h4-5,7,10,13,15-16,19H,6,8-9,11-12,14H2,1-3H3/t19-/m0/s1. The van der Waals surface area contributed by atoms with E-state index in [0.29, 0.717) is 12.0 Å². The Bertz CT molecular complexity index is 713. The Balaban J connectivity index is 1.56. The molecule has 0 unspecified atom stereocenters. The van der Waals surface area contributed by atoms with Crippen molar-refractivity contribution in [1.29, 1.82) is 0 Å². The van der Waals surface area contributed by atoms with Gasteiger partial charge in [0.2, 0.25) is 0 Å². The molecule has 26 heavy (non-hydrogen) atoms. The first-order valence-electron chi connectivity index (χ1n) is 9.52. The Kier molecular flexibility index (Phi) is 6.43. The maximum Gasteiger partial charge on any atom is 0.254 e. The number of carbonyl (C=O) groups excluding carboxylic acids is 1. The maximum absolute atomic E-state index is 12.9. The minimum Gasteiger partial charge on any atom is -0.337 e. The van der Waals surface area contributed by atoms with Crippen LogP contribution in [0.1, 0.15) is 53.5 Å². The van der Waals surface area contributed by atoms with E-state index in [4.69, 9.17) is 0 Å². The van der Waals surface area contributed by atoms with Gasteiger partial charge in [0.25, 0.3) is 5.91 Å². The average Bonchev–Trinajstić information content (AvgIpc) is 3.17. The first kappa shape index (κ1) is 19.1. The fourth-order valence-corrected chi connectivity index (χ4v) is 4.37. The monoisotopic (exact) mass is 371 g/mol. The van der Waals surface area contributed by atoms with Crippen molar-refractivity contribution in [2.24, 2.45) is 0 Å². The lowest BCUT2D eigenvalue weighted by atomic mass is 10.0. The van der Waals surface area contributed by atoms with Crippen molar-refractivity contribution >= 4 is 17.2 Å². The number of piperidine rings is 1. The molecule has 4 nitrogen and oxygen atoms in total. The summed E-state index contributed by atoms with van der Waals surface area (Å²) >= 11 is 1.70. The molecule has 0 N–H and O–H groups in total. The number of carbonyl (C=O) groups is 1. The molecule has 2 aromatic heterocycles. The summed E-state index contributed by atoms with van der Waals surface area (Å²) < 4.78 is 0. The molecule has 2 aromatic rings. The summed E-state index contributed by atoms with van der Waals surface area (Å²) in [5.41, 5.74) is 1.98. The van der Waals surface area contributed by atoms with Crippen LogP contribution in [0.25, 0.3) is 0 Å². The van der Waals surface area contributed by atoms with Gasteiger partial charge in [0.15, 0.2) is 0 Å². The minimum absolute atomic E-state index is 0.191. The molecule has 1 saturated heterocycles. The lowest BCUT2D eigenvalue weighted by Gasteiger charge is -2.37. The Hall–Kier alpha value is -1.72. The fraction of sp³-hybridized carbons (Fsp3) is 0.524. The van der Waals surface area contributed by atoms with Crippen molar-refractivity contribution in [2.75, 3.05) is 26.7 Å². The predicted octanol–water partition coefficient (Wildman–Crippen LogP) is 4.05. The van der Waals surface area contributed by atoms with Crippen LogP contribution in [0.2, 0.25) is 0 Å². The molecule has 0 aromatic carbocycles. The van der Waals surface area contributed by atoms with Crippen LogP contribution in [0.3, 0.4) is 0 Å². The Morgan fingerprint density at radius 1 is 1.42 bits per heavy atom. The van der Waals surface area contributed by atoms with Crippen LogP contribution in [-0.4, -0.2) is 53.4 Å². The molecule has 3 heterocycles. The zero-order valence-electron chi connectivity index (χ0n) is 16.0. The quantitative estimate of drug-likeness (QED) is 0.769. The molecule has 3 rings (SSSR count). The number of pyridine rings is 1. The highest BCUT2D eigenvalue weighted by Gasteiger charge is 2.27. The summed E-state index contributed by atoms with van der Waals surface area (Å²) in [5.74, 6) is 0.671. The Morgan fingerprint density at radius 3 is 2.96 bits per heavy atom. The largest absolute Gasteiger partial charge is 0.337 e. The van der Waals surface area contributed by atoms with Crippen molar-refractivity contribution in [2.45, 2.75) is 45.1 Å².